The summed E-state index contributed by atoms with van der Waals surface area (Å²) in [6.07, 6.45) is 4.14. The van der Waals surface area contributed by atoms with Gasteiger partial charge in [-0.05, 0) is 55.4 Å². The number of piperidine rings is 1. The molecule has 0 unspecified atom stereocenters. The van der Waals surface area contributed by atoms with Crippen LogP contribution >= 0.6 is 11.8 Å². The van der Waals surface area contributed by atoms with Crippen LogP contribution in [0.5, 0.6) is 0 Å². The summed E-state index contributed by atoms with van der Waals surface area (Å²) < 4.78 is 1.66. The van der Waals surface area contributed by atoms with E-state index in [2.05, 4.69) is 83.0 Å². The monoisotopic (exact) mass is 517 g/mol. The Balaban J connectivity index is 1.38. The molecule has 2 aromatic heterocycles. The van der Waals surface area contributed by atoms with Gasteiger partial charge in [0, 0.05) is 31.5 Å². The van der Waals surface area contributed by atoms with E-state index in [0.29, 0.717) is 24.1 Å². The maximum absolute atomic E-state index is 9.50. The highest BCUT2D eigenvalue weighted by Crippen LogP contribution is 2.29. The number of rotatable bonds is 6. The number of hydrogen-bond acceptors (Lipinski definition) is 8. The molecule has 0 spiro atoms. The Morgan fingerprint density at radius 2 is 1.86 bits per heavy atom. The summed E-state index contributed by atoms with van der Waals surface area (Å²) in [5.41, 5.74) is 3.27. The maximum Gasteiger partial charge on any atom is 0.252 e. The number of fused-ring (bicyclic) bond motifs is 1. The maximum atomic E-state index is 9.50. The molecule has 0 aliphatic carbocycles. The fourth-order valence-electron chi connectivity index (χ4n) is 4.86. The molecule has 5 rings (SSSR count). The Bertz CT molecular complexity index is 1290. The predicted octanol–water partition coefficient (Wildman–Crippen LogP) is 4.18. The predicted molar refractivity (Wildman–Crippen MR) is 149 cm³/mol. The molecule has 4 heterocycles. The zero-order valence-corrected chi connectivity index (χ0v) is 22.9. The molecule has 3 aromatic rings. The molecule has 0 bridgehead atoms. The highest BCUT2D eigenvalue weighted by molar-refractivity contribution is 8.14. The molecular formula is C27H35N9S. The Labute approximate surface area is 223 Å². The smallest absolute Gasteiger partial charge is 0.252 e. The number of hydrogen-bond donors (Lipinski definition) is 0. The van der Waals surface area contributed by atoms with Crippen molar-refractivity contribution in [1.82, 2.24) is 29.4 Å². The van der Waals surface area contributed by atoms with Gasteiger partial charge in [0.25, 0.3) is 5.95 Å². The first kappa shape index (κ1) is 25.5. The lowest BCUT2D eigenvalue weighted by atomic mass is 9.89. The van der Waals surface area contributed by atoms with Gasteiger partial charge in [-0.25, -0.2) is 5.01 Å². The lowest BCUT2D eigenvalue weighted by Gasteiger charge is -2.29. The van der Waals surface area contributed by atoms with Gasteiger partial charge in [0.15, 0.2) is 10.8 Å². The second-order valence-electron chi connectivity index (χ2n) is 11.2. The molecule has 2 fully saturated rings. The van der Waals surface area contributed by atoms with Crippen LogP contribution < -0.4 is 5.01 Å². The van der Waals surface area contributed by atoms with Gasteiger partial charge >= 0.3 is 0 Å². The van der Waals surface area contributed by atoms with Crippen LogP contribution in [0, 0.1) is 16.7 Å². The molecule has 0 amide bonds. The summed E-state index contributed by atoms with van der Waals surface area (Å²) in [5.74, 6) is 2.27. The van der Waals surface area contributed by atoms with Crippen molar-refractivity contribution >= 4 is 28.5 Å². The van der Waals surface area contributed by atoms with Gasteiger partial charge in [-0.2, -0.15) is 24.8 Å². The second kappa shape index (κ2) is 10.7. The summed E-state index contributed by atoms with van der Waals surface area (Å²) in [6, 6.07) is 13.0. The van der Waals surface area contributed by atoms with Crippen molar-refractivity contribution in [2.24, 2.45) is 10.5 Å². The zero-order valence-electron chi connectivity index (χ0n) is 22.1. The standard InChI is InChI=1S/C27H35N9S/c1-27(2,3)19-35(25-31-23(17-28)30-24-9-12-29-36(24)25)32-26-34(15-16-37-26)18-20-5-7-21(8-6-20)22-10-13-33(4)14-11-22/h5-9,12,22H,10-11,13-16,18-19H2,1-4H3/b32-26-. The summed E-state index contributed by atoms with van der Waals surface area (Å²) in [4.78, 5) is 13.5. The van der Waals surface area contributed by atoms with Crippen LogP contribution in [-0.2, 0) is 6.54 Å². The molecule has 9 nitrogen and oxygen atoms in total. The molecular weight excluding hydrogens is 482 g/mol. The third kappa shape index (κ3) is 6.05. The fraction of sp³-hybridized carbons (Fsp3) is 0.519. The number of amidine groups is 1. The summed E-state index contributed by atoms with van der Waals surface area (Å²) in [7, 11) is 2.21. The van der Waals surface area contributed by atoms with Crippen molar-refractivity contribution in [3.8, 4) is 6.07 Å². The van der Waals surface area contributed by atoms with Crippen molar-refractivity contribution in [2.45, 2.75) is 46.1 Å². The van der Waals surface area contributed by atoms with Crippen LogP contribution in [0.15, 0.2) is 41.6 Å². The summed E-state index contributed by atoms with van der Waals surface area (Å²) in [6.45, 7) is 11.2. The number of thioether (sulfide) groups is 1. The average Bonchev–Trinajstić information content (AvgIpc) is 3.52. The van der Waals surface area contributed by atoms with Gasteiger partial charge in [-0.15, -0.1) is 5.10 Å². The first-order valence-corrected chi connectivity index (χ1v) is 13.9. The van der Waals surface area contributed by atoms with Crippen molar-refractivity contribution in [3.63, 3.8) is 0 Å². The van der Waals surface area contributed by atoms with E-state index in [0.717, 1.165) is 24.0 Å². The Hall–Kier alpha value is -3.16. The first-order valence-electron chi connectivity index (χ1n) is 12.9. The number of nitrogens with zero attached hydrogens (tertiary/aromatic N) is 9. The molecule has 2 aliphatic rings. The highest BCUT2D eigenvalue weighted by atomic mass is 32.2. The van der Waals surface area contributed by atoms with Crippen LogP contribution in [0.25, 0.3) is 5.65 Å². The number of likely N-dealkylation sites (tertiary alicyclic amines) is 1. The van der Waals surface area contributed by atoms with Crippen molar-refractivity contribution in [3.05, 3.63) is 53.5 Å². The van der Waals surface area contributed by atoms with E-state index in [1.807, 2.05) is 5.01 Å². The molecule has 194 valence electrons. The van der Waals surface area contributed by atoms with Gasteiger partial charge in [0.05, 0.1) is 6.20 Å². The van der Waals surface area contributed by atoms with Crippen LogP contribution in [-0.4, -0.2) is 73.5 Å². The zero-order chi connectivity index (χ0) is 26.0. The third-order valence-corrected chi connectivity index (χ3v) is 7.79. The molecule has 0 saturated carbocycles. The van der Waals surface area contributed by atoms with Gasteiger partial charge < -0.3 is 9.80 Å². The van der Waals surface area contributed by atoms with Crippen molar-refractivity contribution in [1.29, 1.82) is 5.26 Å². The molecule has 2 aliphatic heterocycles. The Morgan fingerprint density at radius 1 is 1.11 bits per heavy atom. The minimum atomic E-state index is -0.0564. The van der Waals surface area contributed by atoms with Crippen molar-refractivity contribution in [2.75, 3.05) is 44.0 Å². The van der Waals surface area contributed by atoms with E-state index in [-0.39, 0.29) is 11.2 Å². The van der Waals surface area contributed by atoms with E-state index in [9.17, 15) is 5.26 Å². The number of aromatic nitrogens is 4. The van der Waals surface area contributed by atoms with E-state index in [1.165, 1.54) is 37.1 Å². The molecule has 0 N–H and O–H groups in total. The fourth-order valence-corrected chi connectivity index (χ4v) is 5.85. The Morgan fingerprint density at radius 3 is 2.57 bits per heavy atom. The largest absolute Gasteiger partial charge is 0.345 e. The topological polar surface area (TPSA) is 89.0 Å². The van der Waals surface area contributed by atoms with Crippen LogP contribution in [0.1, 0.15) is 56.5 Å². The minimum absolute atomic E-state index is 0.0564. The van der Waals surface area contributed by atoms with Crippen LogP contribution in [0.4, 0.5) is 5.95 Å². The number of nitriles is 1. The molecule has 0 radical (unpaired) electrons. The van der Waals surface area contributed by atoms with E-state index >= 15 is 0 Å². The van der Waals surface area contributed by atoms with Gasteiger partial charge in [-0.1, -0.05) is 56.8 Å². The lowest BCUT2D eigenvalue weighted by Crippen LogP contribution is -2.34. The summed E-state index contributed by atoms with van der Waals surface area (Å²) >= 11 is 1.75. The number of hydrazone groups is 1. The first-order chi connectivity index (χ1) is 17.8. The third-order valence-electron chi connectivity index (χ3n) is 6.81. The number of benzene rings is 1. The van der Waals surface area contributed by atoms with E-state index in [1.54, 1.807) is 28.5 Å². The normalized spacial score (nSPS) is 18.6. The molecule has 10 heteroatoms. The van der Waals surface area contributed by atoms with Gasteiger partial charge in [0.1, 0.15) is 6.07 Å². The molecule has 0 atom stereocenters. The van der Waals surface area contributed by atoms with E-state index in [4.69, 9.17) is 5.10 Å². The number of anilines is 1. The molecule has 2 saturated heterocycles. The minimum Gasteiger partial charge on any atom is -0.345 e. The van der Waals surface area contributed by atoms with Crippen molar-refractivity contribution < 1.29 is 0 Å². The Kier molecular flexibility index (Phi) is 7.36. The quantitative estimate of drug-likeness (QED) is 0.450. The average molecular weight is 518 g/mol. The molecule has 37 heavy (non-hydrogen) atoms. The summed E-state index contributed by atoms with van der Waals surface area (Å²) in [5, 5.41) is 21.8. The lowest BCUT2D eigenvalue weighted by molar-refractivity contribution is 0.255. The van der Waals surface area contributed by atoms with Gasteiger partial charge in [0.2, 0.25) is 5.82 Å². The van der Waals surface area contributed by atoms with Gasteiger partial charge in [-0.3, -0.25) is 0 Å². The second-order valence-corrected chi connectivity index (χ2v) is 12.2. The van der Waals surface area contributed by atoms with Crippen LogP contribution in [0.3, 0.4) is 0 Å². The van der Waals surface area contributed by atoms with Crippen LogP contribution in [0.2, 0.25) is 0 Å². The highest BCUT2D eigenvalue weighted by Gasteiger charge is 2.26. The van der Waals surface area contributed by atoms with E-state index < -0.39 is 0 Å². The molecule has 1 aromatic carbocycles. The SMILES string of the molecule is CN1CCC(c2ccc(CN3CCS/C3=N\N(CC(C)(C)C)c3nc(C#N)nc4ccnn34)cc2)CC1.